The molecule has 4 heteroatoms. The Morgan fingerprint density at radius 2 is 1.65 bits per heavy atom. The van der Waals surface area contributed by atoms with Gasteiger partial charge in [0.25, 0.3) is 5.91 Å². The summed E-state index contributed by atoms with van der Waals surface area (Å²) in [7, 11) is 5.10. The number of ether oxygens (including phenoxy) is 2. The van der Waals surface area contributed by atoms with Crippen LogP contribution in [0.2, 0.25) is 0 Å². The van der Waals surface area contributed by atoms with Gasteiger partial charge in [0.2, 0.25) is 0 Å². The minimum Gasteiger partial charge on any atom is -0.493 e. The Bertz CT molecular complexity index is 813. The van der Waals surface area contributed by atoms with Gasteiger partial charge in [-0.15, -0.1) is 0 Å². The number of hydrogen-bond donors (Lipinski definition) is 0. The second-order valence-corrected chi connectivity index (χ2v) is 6.99. The summed E-state index contributed by atoms with van der Waals surface area (Å²) >= 11 is 0. The first-order chi connectivity index (χ1) is 12.5. The average molecular weight is 353 g/mol. The maximum atomic E-state index is 12.9. The highest BCUT2D eigenvalue weighted by Gasteiger charge is 2.17. The fourth-order valence-electron chi connectivity index (χ4n) is 3.61. The van der Waals surface area contributed by atoms with Crippen LogP contribution in [0.5, 0.6) is 11.5 Å². The van der Waals surface area contributed by atoms with Gasteiger partial charge in [0.1, 0.15) is 0 Å². The summed E-state index contributed by atoms with van der Waals surface area (Å²) in [5.74, 6) is 1.44. The molecule has 0 fully saturated rings. The normalized spacial score (nSPS) is 13.1. The lowest BCUT2D eigenvalue weighted by atomic mass is 9.90. The Morgan fingerprint density at radius 3 is 2.35 bits per heavy atom. The molecule has 26 heavy (non-hydrogen) atoms. The van der Waals surface area contributed by atoms with Crippen molar-refractivity contribution in [3.05, 3.63) is 58.1 Å². The lowest BCUT2D eigenvalue weighted by Crippen LogP contribution is -2.27. The quantitative estimate of drug-likeness (QED) is 0.810. The van der Waals surface area contributed by atoms with Gasteiger partial charge in [-0.05, 0) is 79.1 Å². The van der Waals surface area contributed by atoms with E-state index in [4.69, 9.17) is 9.47 Å². The second-order valence-electron chi connectivity index (χ2n) is 6.99. The summed E-state index contributed by atoms with van der Waals surface area (Å²) in [6.45, 7) is 2.55. The molecule has 1 aliphatic rings. The molecule has 0 saturated heterocycles. The SMILES string of the molecule is COc1cc(C)c(CN(C)C(=O)c2ccc3c(c2)CCCC3)cc1OC. The van der Waals surface area contributed by atoms with E-state index in [9.17, 15) is 4.79 Å². The van der Waals surface area contributed by atoms with E-state index in [1.807, 2.05) is 32.2 Å². The lowest BCUT2D eigenvalue weighted by molar-refractivity contribution is 0.0784. The first-order valence-corrected chi connectivity index (χ1v) is 9.12. The van der Waals surface area contributed by atoms with E-state index < -0.39 is 0 Å². The van der Waals surface area contributed by atoms with Crippen LogP contribution in [0.1, 0.15) is 45.5 Å². The molecule has 0 aliphatic heterocycles. The molecule has 0 atom stereocenters. The number of carbonyl (C=O) groups excluding carboxylic acids is 1. The van der Waals surface area contributed by atoms with Crippen molar-refractivity contribution >= 4 is 5.91 Å². The second kappa shape index (κ2) is 7.81. The summed E-state index contributed by atoms with van der Waals surface area (Å²) in [5.41, 5.74) is 5.62. The van der Waals surface area contributed by atoms with E-state index in [2.05, 4.69) is 12.1 Å². The summed E-state index contributed by atoms with van der Waals surface area (Å²) in [5, 5.41) is 0. The van der Waals surface area contributed by atoms with Gasteiger partial charge in [0, 0.05) is 19.2 Å². The van der Waals surface area contributed by atoms with Gasteiger partial charge < -0.3 is 14.4 Å². The molecule has 0 spiro atoms. The van der Waals surface area contributed by atoms with Gasteiger partial charge >= 0.3 is 0 Å². The summed E-state index contributed by atoms with van der Waals surface area (Å²) in [6.07, 6.45) is 4.67. The van der Waals surface area contributed by atoms with Crippen molar-refractivity contribution < 1.29 is 14.3 Å². The molecule has 4 nitrogen and oxygen atoms in total. The molecule has 2 aromatic rings. The van der Waals surface area contributed by atoms with Crippen LogP contribution in [0.25, 0.3) is 0 Å². The van der Waals surface area contributed by atoms with Crippen LogP contribution in [0.3, 0.4) is 0 Å². The number of rotatable bonds is 5. The Labute approximate surface area is 155 Å². The van der Waals surface area contributed by atoms with Crippen LogP contribution in [0.4, 0.5) is 0 Å². The van der Waals surface area contributed by atoms with Crippen molar-refractivity contribution in [3.8, 4) is 11.5 Å². The van der Waals surface area contributed by atoms with Crippen LogP contribution >= 0.6 is 0 Å². The number of methoxy groups -OCH3 is 2. The summed E-state index contributed by atoms with van der Waals surface area (Å²) < 4.78 is 10.7. The summed E-state index contributed by atoms with van der Waals surface area (Å²) in [4.78, 5) is 14.7. The Hall–Kier alpha value is -2.49. The maximum Gasteiger partial charge on any atom is 0.253 e. The van der Waals surface area contributed by atoms with E-state index in [1.54, 1.807) is 19.1 Å². The topological polar surface area (TPSA) is 38.8 Å². The van der Waals surface area contributed by atoms with E-state index in [0.29, 0.717) is 18.0 Å². The molecule has 0 radical (unpaired) electrons. The zero-order valence-corrected chi connectivity index (χ0v) is 16.1. The standard InChI is InChI=1S/C22H27NO3/c1-15-11-20(25-3)21(26-4)13-19(15)14-23(2)22(24)18-10-9-16-7-5-6-8-17(16)12-18/h9-13H,5-8,14H2,1-4H3. The highest BCUT2D eigenvalue weighted by Crippen LogP contribution is 2.31. The van der Waals surface area contributed by atoms with Crippen molar-refractivity contribution in [3.63, 3.8) is 0 Å². The van der Waals surface area contributed by atoms with Gasteiger partial charge in [-0.1, -0.05) is 6.07 Å². The zero-order valence-electron chi connectivity index (χ0n) is 16.1. The molecular formula is C22H27NO3. The van der Waals surface area contributed by atoms with E-state index in [-0.39, 0.29) is 5.91 Å². The highest BCUT2D eigenvalue weighted by molar-refractivity contribution is 5.94. The average Bonchev–Trinajstić information content (AvgIpc) is 2.68. The van der Waals surface area contributed by atoms with Crippen LogP contribution in [0, 0.1) is 6.92 Å². The minimum atomic E-state index is 0.0487. The van der Waals surface area contributed by atoms with Crippen molar-refractivity contribution in [1.29, 1.82) is 0 Å². The first kappa shape index (κ1) is 18.3. The van der Waals surface area contributed by atoms with Gasteiger partial charge in [-0.2, -0.15) is 0 Å². The van der Waals surface area contributed by atoms with Gasteiger partial charge in [0.15, 0.2) is 11.5 Å². The molecule has 0 saturated carbocycles. The number of hydrogen-bond acceptors (Lipinski definition) is 3. The molecule has 1 aliphatic carbocycles. The van der Waals surface area contributed by atoms with Crippen LogP contribution in [0.15, 0.2) is 30.3 Å². The molecule has 138 valence electrons. The Kier molecular flexibility index (Phi) is 5.50. The number of carbonyl (C=O) groups is 1. The van der Waals surface area contributed by atoms with Crippen molar-refractivity contribution in [2.45, 2.75) is 39.2 Å². The van der Waals surface area contributed by atoms with Gasteiger partial charge in [-0.25, -0.2) is 0 Å². The predicted molar refractivity (Wildman–Crippen MR) is 103 cm³/mol. The van der Waals surface area contributed by atoms with Crippen molar-refractivity contribution in [2.75, 3.05) is 21.3 Å². The third-order valence-electron chi connectivity index (χ3n) is 5.19. The first-order valence-electron chi connectivity index (χ1n) is 9.12. The maximum absolute atomic E-state index is 12.9. The van der Waals surface area contributed by atoms with E-state index in [0.717, 1.165) is 29.5 Å². The zero-order chi connectivity index (χ0) is 18.7. The number of benzene rings is 2. The monoisotopic (exact) mass is 353 g/mol. The van der Waals surface area contributed by atoms with Gasteiger partial charge in [-0.3, -0.25) is 4.79 Å². The Morgan fingerprint density at radius 1 is 1.00 bits per heavy atom. The van der Waals surface area contributed by atoms with Crippen molar-refractivity contribution in [2.24, 2.45) is 0 Å². The predicted octanol–water partition coefficient (Wildman–Crippen LogP) is 4.16. The molecule has 1 amide bonds. The molecule has 3 rings (SSSR count). The van der Waals surface area contributed by atoms with E-state index >= 15 is 0 Å². The third-order valence-corrected chi connectivity index (χ3v) is 5.19. The number of aryl methyl sites for hydroxylation is 3. The fraction of sp³-hybridized carbons (Fsp3) is 0.409. The molecule has 0 aromatic heterocycles. The van der Waals surface area contributed by atoms with E-state index in [1.165, 1.54) is 24.0 Å². The Balaban J connectivity index is 1.79. The molecule has 2 aromatic carbocycles. The molecule has 0 heterocycles. The number of fused-ring (bicyclic) bond motifs is 1. The summed E-state index contributed by atoms with van der Waals surface area (Å²) in [6, 6.07) is 10.1. The molecular weight excluding hydrogens is 326 g/mol. The molecule has 0 unspecified atom stereocenters. The molecule has 0 N–H and O–H groups in total. The minimum absolute atomic E-state index is 0.0487. The number of amides is 1. The smallest absolute Gasteiger partial charge is 0.253 e. The number of nitrogens with zero attached hydrogens (tertiary/aromatic N) is 1. The molecule has 0 bridgehead atoms. The fourth-order valence-corrected chi connectivity index (χ4v) is 3.61. The van der Waals surface area contributed by atoms with Crippen molar-refractivity contribution in [1.82, 2.24) is 4.90 Å². The largest absolute Gasteiger partial charge is 0.493 e. The third kappa shape index (κ3) is 3.69. The highest BCUT2D eigenvalue weighted by atomic mass is 16.5. The van der Waals surface area contributed by atoms with Crippen LogP contribution in [-0.4, -0.2) is 32.1 Å². The van der Waals surface area contributed by atoms with Crippen LogP contribution < -0.4 is 9.47 Å². The van der Waals surface area contributed by atoms with Gasteiger partial charge in [0.05, 0.1) is 14.2 Å². The lowest BCUT2D eigenvalue weighted by Gasteiger charge is -2.21. The van der Waals surface area contributed by atoms with Crippen LogP contribution in [-0.2, 0) is 19.4 Å².